The molecule has 0 amide bonds. The Hall–Kier alpha value is -5.02. The van der Waals surface area contributed by atoms with E-state index in [-0.39, 0.29) is 44.6 Å². The van der Waals surface area contributed by atoms with Crippen LogP contribution < -0.4 is 26.2 Å². The highest BCUT2D eigenvalue weighted by Crippen LogP contribution is 2.55. The third-order valence-electron chi connectivity index (χ3n) is 18.3. The van der Waals surface area contributed by atoms with E-state index in [1.165, 1.54) is 66.5 Å². The Morgan fingerprint density at radius 1 is 0.463 bits per heavy atom. The van der Waals surface area contributed by atoms with Crippen LogP contribution in [0, 0.1) is 13.8 Å². The van der Waals surface area contributed by atoms with Crippen molar-refractivity contribution in [3.63, 3.8) is 0 Å². The molecule has 0 radical (unpaired) electrons. The number of nitrogens with zero attached hydrogens (tertiary/aromatic N) is 2. The van der Waals surface area contributed by atoms with E-state index in [9.17, 15) is 4.11 Å². The Kier molecular flexibility index (Phi) is 8.60. The van der Waals surface area contributed by atoms with Gasteiger partial charge in [0.15, 0.2) is 0 Å². The summed E-state index contributed by atoms with van der Waals surface area (Å²) in [4.78, 5) is 4.99. The Balaban J connectivity index is 1.28. The maximum atomic E-state index is 9.25. The van der Waals surface area contributed by atoms with Crippen LogP contribution in [0.25, 0.3) is 0 Å². The van der Waals surface area contributed by atoms with Crippen LogP contribution in [-0.4, -0.2) is 6.71 Å². The first-order valence-electron chi connectivity index (χ1n) is 26.9. The molecule has 0 N–H and O–H groups in total. The normalized spacial score (nSPS) is 21.4. The second-order valence-corrected chi connectivity index (χ2v) is 26.1. The standard InChI is InChI=1S/C64H75BN2/c1-39-30-55-57-56(31-39)67(52-36-49-45(32-40(52)2)62(11,12)38-63(49,13)14)53-33-42(64(15,16)41-20-18-17-19-21-41)22-25-50(53)65(57)51-35-47-48(61(9,10)29-28-60(47,7)8)37-54(51)66(55)43-23-24-44-46(34-43)59(5,6)27-26-58(44,3)4/h17-25,30-37H,26-29,38H2,1-16H3/i1D3. The van der Waals surface area contributed by atoms with E-state index in [1.807, 2.05) is 12.1 Å². The third kappa shape index (κ3) is 6.48. The van der Waals surface area contributed by atoms with Crippen LogP contribution in [0.2, 0.25) is 0 Å². The van der Waals surface area contributed by atoms with Gasteiger partial charge in [-0.2, -0.15) is 0 Å². The van der Waals surface area contributed by atoms with Crippen molar-refractivity contribution in [2.75, 3.05) is 9.80 Å². The minimum atomic E-state index is -2.36. The van der Waals surface area contributed by atoms with E-state index in [0.717, 1.165) is 66.2 Å². The Morgan fingerprint density at radius 3 is 1.61 bits per heavy atom. The average molecular weight is 886 g/mol. The lowest BCUT2D eigenvalue weighted by Crippen LogP contribution is -2.62. The molecule has 2 aliphatic heterocycles. The molecule has 0 atom stereocenters. The molecule has 3 heteroatoms. The monoisotopic (exact) mass is 886 g/mol. The van der Waals surface area contributed by atoms with Crippen LogP contribution in [0.4, 0.5) is 34.1 Å². The van der Waals surface area contributed by atoms with Crippen LogP contribution in [0.5, 0.6) is 0 Å². The summed E-state index contributed by atoms with van der Waals surface area (Å²) in [5.41, 5.74) is 22.3. The molecule has 344 valence electrons. The summed E-state index contributed by atoms with van der Waals surface area (Å²) in [6.45, 7) is 33.4. The summed E-state index contributed by atoms with van der Waals surface area (Å²) in [5.74, 6) is 0. The number of fused-ring (bicyclic) bond motifs is 7. The molecule has 0 unspecified atom stereocenters. The molecule has 11 rings (SSSR count). The predicted octanol–water partition coefficient (Wildman–Crippen LogP) is 15.4. The van der Waals surface area contributed by atoms with Crippen LogP contribution in [0.1, 0.15) is 189 Å². The fraction of sp³-hybridized carbons (Fsp3) is 0.438. The van der Waals surface area contributed by atoms with Gasteiger partial charge in [-0.1, -0.05) is 158 Å². The molecule has 0 bridgehead atoms. The van der Waals surface area contributed by atoms with Gasteiger partial charge >= 0.3 is 0 Å². The summed E-state index contributed by atoms with van der Waals surface area (Å²) >= 11 is 0. The quantitative estimate of drug-likeness (QED) is 0.163. The van der Waals surface area contributed by atoms with Gasteiger partial charge in [0.05, 0.1) is 0 Å². The zero-order valence-corrected chi connectivity index (χ0v) is 43.3. The smallest absolute Gasteiger partial charge is 0.252 e. The maximum Gasteiger partial charge on any atom is 0.252 e. The lowest BCUT2D eigenvalue weighted by Gasteiger charge is -2.48. The molecular weight excluding hydrogens is 808 g/mol. The molecular formula is C64H75BN2. The van der Waals surface area contributed by atoms with Crippen LogP contribution in [0.15, 0.2) is 103 Å². The van der Waals surface area contributed by atoms with Crippen LogP contribution in [-0.2, 0) is 37.9 Å². The molecule has 2 heterocycles. The van der Waals surface area contributed by atoms with Crippen molar-refractivity contribution in [3.8, 4) is 0 Å². The van der Waals surface area contributed by atoms with E-state index in [4.69, 9.17) is 0 Å². The highest BCUT2D eigenvalue weighted by Gasteiger charge is 2.49. The summed E-state index contributed by atoms with van der Waals surface area (Å²) in [7, 11) is 0. The first-order valence-corrected chi connectivity index (χ1v) is 25.4. The number of benzene rings is 6. The molecule has 6 aromatic carbocycles. The topological polar surface area (TPSA) is 6.48 Å². The molecule has 0 saturated carbocycles. The number of hydrogen-bond acceptors (Lipinski definition) is 2. The van der Waals surface area contributed by atoms with Crippen molar-refractivity contribution >= 4 is 57.2 Å². The fourth-order valence-corrected chi connectivity index (χ4v) is 14.1. The van der Waals surface area contributed by atoms with Gasteiger partial charge in [0.2, 0.25) is 0 Å². The van der Waals surface area contributed by atoms with Gasteiger partial charge in [-0.25, -0.2) is 0 Å². The van der Waals surface area contributed by atoms with Crippen LogP contribution >= 0.6 is 0 Å². The predicted molar refractivity (Wildman–Crippen MR) is 290 cm³/mol. The van der Waals surface area contributed by atoms with Crippen molar-refractivity contribution < 1.29 is 4.11 Å². The van der Waals surface area contributed by atoms with Gasteiger partial charge < -0.3 is 9.80 Å². The summed E-state index contributed by atoms with van der Waals surface area (Å²) in [6, 6.07) is 39.6. The van der Waals surface area contributed by atoms with Crippen molar-refractivity contribution in [1.29, 1.82) is 0 Å². The number of aryl methyl sites for hydroxylation is 2. The first kappa shape index (κ1) is 41.0. The molecule has 2 nitrogen and oxygen atoms in total. The Morgan fingerprint density at radius 2 is 0.985 bits per heavy atom. The summed E-state index contributed by atoms with van der Waals surface area (Å²) in [6.07, 6.45) is 5.54. The first-order chi connectivity index (χ1) is 32.4. The lowest BCUT2D eigenvalue weighted by molar-refractivity contribution is 0.332. The fourth-order valence-electron chi connectivity index (χ4n) is 14.1. The molecule has 3 aliphatic carbocycles. The van der Waals surface area contributed by atoms with Crippen molar-refractivity contribution in [3.05, 3.63) is 159 Å². The van der Waals surface area contributed by atoms with E-state index in [2.05, 4.69) is 205 Å². The van der Waals surface area contributed by atoms with Crippen molar-refractivity contribution in [2.45, 2.75) is 181 Å². The highest BCUT2D eigenvalue weighted by molar-refractivity contribution is 7.00. The van der Waals surface area contributed by atoms with Crippen molar-refractivity contribution in [1.82, 2.24) is 0 Å². The minimum absolute atomic E-state index is 0.0156. The molecule has 0 saturated heterocycles. The van der Waals surface area contributed by atoms with Crippen LogP contribution in [0.3, 0.4) is 0 Å². The third-order valence-corrected chi connectivity index (χ3v) is 18.3. The van der Waals surface area contributed by atoms with Gasteiger partial charge in [-0.05, 0) is 193 Å². The zero-order chi connectivity index (χ0) is 50.3. The Labute approximate surface area is 408 Å². The van der Waals surface area contributed by atoms with Gasteiger partial charge in [0, 0.05) is 43.7 Å². The maximum absolute atomic E-state index is 9.25. The number of hydrogen-bond donors (Lipinski definition) is 0. The number of rotatable bonds is 4. The second kappa shape index (κ2) is 14.0. The molecule has 0 fully saturated rings. The van der Waals surface area contributed by atoms with E-state index in [1.54, 1.807) is 0 Å². The minimum Gasteiger partial charge on any atom is -0.311 e. The molecule has 67 heavy (non-hydrogen) atoms. The molecule has 0 spiro atoms. The Bertz CT molecular complexity index is 3180. The highest BCUT2D eigenvalue weighted by atomic mass is 15.2. The average Bonchev–Trinajstić information content (AvgIpc) is 3.46. The van der Waals surface area contributed by atoms with Gasteiger partial charge in [0.25, 0.3) is 6.71 Å². The molecule has 6 aromatic rings. The molecule has 0 aromatic heterocycles. The van der Waals surface area contributed by atoms with E-state index in [0.29, 0.717) is 5.56 Å². The second-order valence-electron chi connectivity index (χ2n) is 26.1. The van der Waals surface area contributed by atoms with E-state index < -0.39 is 6.85 Å². The largest absolute Gasteiger partial charge is 0.311 e. The van der Waals surface area contributed by atoms with E-state index >= 15 is 0 Å². The SMILES string of the molecule is [2H]C([2H])([2H])c1cc2c3c(c1)N(c1cc4c(cc1C)C(C)(C)CC4(C)C)c1cc(C(C)(C)c4ccccc4)ccc1B3c1cc3c(cc1N2c1ccc2c(c1)C(C)(C)CCC2(C)C)C(C)(C)CCC3(C)C. The zero-order valence-electron chi connectivity index (χ0n) is 46.3. The number of anilines is 6. The summed E-state index contributed by atoms with van der Waals surface area (Å²) in [5, 5.41) is 0. The van der Waals surface area contributed by atoms with Gasteiger partial charge in [0.1, 0.15) is 0 Å². The van der Waals surface area contributed by atoms with Gasteiger partial charge in [-0.15, -0.1) is 0 Å². The van der Waals surface area contributed by atoms with Gasteiger partial charge in [-0.3, -0.25) is 0 Å². The summed E-state index contributed by atoms with van der Waals surface area (Å²) < 4.78 is 27.7. The molecule has 5 aliphatic rings. The lowest BCUT2D eigenvalue weighted by atomic mass is 9.33. The van der Waals surface area contributed by atoms with Crippen molar-refractivity contribution in [2.24, 2.45) is 0 Å².